The average molecular weight is 288 g/mol. The van der Waals surface area contributed by atoms with Gasteiger partial charge in [0.25, 0.3) is 0 Å². The van der Waals surface area contributed by atoms with E-state index in [0.29, 0.717) is 6.61 Å². The van der Waals surface area contributed by atoms with Crippen LogP contribution in [0.5, 0.6) is 5.75 Å². The molecule has 0 unspecified atom stereocenters. The number of fused-ring (bicyclic) bond motifs is 1. The quantitative estimate of drug-likeness (QED) is 0.559. The van der Waals surface area contributed by atoms with Crippen LogP contribution in [-0.2, 0) is 6.61 Å². The predicted octanol–water partition coefficient (Wildman–Crippen LogP) is 4.74. The van der Waals surface area contributed by atoms with Crippen LogP contribution < -0.4 is 4.74 Å². The Morgan fingerprint density at radius 3 is 2.55 bits per heavy atom. The highest BCUT2D eigenvalue weighted by Gasteiger charge is 2.05. The second kappa shape index (κ2) is 5.45. The lowest BCUT2D eigenvalue weighted by Gasteiger charge is -2.06. The molecule has 2 aromatic carbocycles. The van der Waals surface area contributed by atoms with Gasteiger partial charge in [0.15, 0.2) is 0 Å². The number of rotatable bonds is 4. The molecule has 0 aliphatic heterocycles. The van der Waals surface area contributed by atoms with Crippen LogP contribution in [0.1, 0.15) is 5.56 Å². The van der Waals surface area contributed by atoms with Crippen molar-refractivity contribution < 1.29 is 4.74 Å². The maximum absolute atomic E-state index is 5.88. The molecule has 3 nitrogen and oxygen atoms in total. The smallest absolute Gasteiger partial charge is 0.120 e. The van der Waals surface area contributed by atoms with E-state index in [1.54, 1.807) is 0 Å². The summed E-state index contributed by atoms with van der Waals surface area (Å²) in [5.74, 6) is 0.883. The first-order chi connectivity index (χ1) is 10.9. The third kappa shape index (κ3) is 2.49. The van der Waals surface area contributed by atoms with Crippen molar-refractivity contribution in [2.45, 2.75) is 6.61 Å². The fourth-order valence-electron chi connectivity index (χ4n) is 2.58. The second-order valence-electron chi connectivity index (χ2n) is 5.29. The number of benzene rings is 2. The zero-order valence-corrected chi connectivity index (χ0v) is 12.0. The summed E-state index contributed by atoms with van der Waals surface area (Å²) in [4.78, 5) is 6.63. The van der Waals surface area contributed by atoms with Gasteiger partial charge in [-0.2, -0.15) is 0 Å². The van der Waals surface area contributed by atoms with E-state index in [1.165, 1.54) is 5.56 Å². The highest BCUT2D eigenvalue weighted by atomic mass is 16.5. The number of aromatic amines is 2. The van der Waals surface area contributed by atoms with E-state index in [9.17, 15) is 0 Å². The van der Waals surface area contributed by atoms with E-state index < -0.39 is 0 Å². The molecule has 0 saturated heterocycles. The molecule has 108 valence electrons. The Hall–Kier alpha value is -2.94. The van der Waals surface area contributed by atoms with Crippen molar-refractivity contribution in [3.8, 4) is 17.1 Å². The maximum atomic E-state index is 5.88. The molecule has 4 aromatic rings. The lowest BCUT2D eigenvalue weighted by Crippen LogP contribution is -1.94. The zero-order valence-electron chi connectivity index (χ0n) is 12.0. The molecule has 0 amide bonds. The van der Waals surface area contributed by atoms with Gasteiger partial charge in [0.1, 0.15) is 12.4 Å². The number of aromatic nitrogens is 2. The largest absolute Gasteiger partial charge is 0.489 e. The minimum Gasteiger partial charge on any atom is -0.489 e. The van der Waals surface area contributed by atoms with Crippen LogP contribution in [0.25, 0.3) is 22.3 Å². The lowest BCUT2D eigenvalue weighted by molar-refractivity contribution is 0.306. The fourth-order valence-corrected chi connectivity index (χ4v) is 2.58. The minimum atomic E-state index is 0.584. The van der Waals surface area contributed by atoms with Crippen LogP contribution in [-0.4, -0.2) is 9.97 Å². The predicted molar refractivity (Wildman–Crippen MR) is 88.9 cm³/mol. The Kier molecular flexibility index (Phi) is 3.16. The number of hydrogen-bond acceptors (Lipinski definition) is 1. The van der Waals surface area contributed by atoms with Gasteiger partial charge in [-0.25, -0.2) is 0 Å². The second-order valence-corrected chi connectivity index (χ2v) is 5.29. The Labute approximate surface area is 128 Å². The van der Waals surface area contributed by atoms with E-state index in [-0.39, 0.29) is 0 Å². The average Bonchev–Trinajstić information content (AvgIpc) is 3.22. The molecular formula is C19H16N2O. The van der Waals surface area contributed by atoms with Crippen molar-refractivity contribution in [3.05, 3.63) is 78.5 Å². The van der Waals surface area contributed by atoms with Crippen molar-refractivity contribution in [3.63, 3.8) is 0 Å². The van der Waals surface area contributed by atoms with E-state index >= 15 is 0 Å². The molecule has 0 spiro atoms. The topological polar surface area (TPSA) is 40.8 Å². The number of hydrogen-bond donors (Lipinski definition) is 2. The molecule has 0 aliphatic rings. The number of nitrogens with one attached hydrogen (secondary N) is 2. The normalized spacial score (nSPS) is 10.9. The van der Waals surface area contributed by atoms with Gasteiger partial charge in [0, 0.05) is 17.1 Å². The first-order valence-corrected chi connectivity index (χ1v) is 7.32. The van der Waals surface area contributed by atoms with Gasteiger partial charge < -0.3 is 14.7 Å². The van der Waals surface area contributed by atoms with Crippen molar-refractivity contribution >= 4 is 10.9 Å². The molecule has 22 heavy (non-hydrogen) atoms. The first kappa shape index (κ1) is 12.8. The third-order valence-corrected chi connectivity index (χ3v) is 3.73. The van der Waals surface area contributed by atoms with Crippen LogP contribution in [0.3, 0.4) is 0 Å². The van der Waals surface area contributed by atoms with E-state index in [0.717, 1.165) is 28.0 Å². The molecule has 0 saturated carbocycles. The van der Waals surface area contributed by atoms with Gasteiger partial charge in [-0.05, 0) is 42.0 Å². The van der Waals surface area contributed by atoms with Gasteiger partial charge in [-0.1, -0.05) is 30.3 Å². The first-order valence-electron chi connectivity index (χ1n) is 7.32. The molecule has 0 bridgehead atoms. The highest BCUT2D eigenvalue weighted by Crippen LogP contribution is 2.26. The van der Waals surface area contributed by atoms with Crippen LogP contribution in [0.15, 0.2) is 72.9 Å². The third-order valence-electron chi connectivity index (χ3n) is 3.73. The molecule has 3 heteroatoms. The SMILES string of the molecule is c1ccc(COc2ccc3[nH]c(-c4ccc[nH]4)cc3c2)cc1. The molecule has 2 N–H and O–H groups in total. The van der Waals surface area contributed by atoms with Crippen molar-refractivity contribution in [2.75, 3.05) is 0 Å². The van der Waals surface area contributed by atoms with E-state index in [2.05, 4.69) is 46.4 Å². The number of ether oxygens (including phenoxy) is 1. The summed E-state index contributed by atoms with van der Waals surface area (Å²) in [6.07, 6.45) is 1.93. The summed E-state index contributed by atoms with van der Waals surface area (Å²) in [5.41, 5.74) is 4.45. The molecule has 0 aliphatic carbocycles. The Morgan fingerprint density at radius 2 is 1.73 bits per heavy atom. The summed E-state index contributed by atoms with van der Waals surface area (Å²) in [6.45, 7) is 0.584. The zero-order chi connectivity index (χ0) is 14.8. The molecule has 0 atom stereocenters. The minimum absolute atomic E-state index is 0.584. The van der Waals surface area contributed by atoms with Crippen molar-refractivity contribution in [1.29, 1.82) is 0 Å². The fraction of sp³-hybridized carbons (Fsp3) is 0.0526. The maximum Gasteiger partial charge on any atom is 0.120 e. The molecule has 4 rings (SSSR count). The monoisotopic (exact) mass is 288 g/mol. The molecule has 2 aromatic heterocycles. The standard InChI is InChI=1S/C19H16N2O/c1-2-5-14(6-3-1)13-22-16-8-9-17-15(11-16)12-19(21-17)18-7-4-10-20-18/h1-12,20-21H,13H2. The molecule has 0 fully saturated rings. The molecule has 0 radical (unpaired) electrons. The summed E-state index contributed by atoms with van der Waals surface area (Å²) in [7, 11) is 0. The summed E-state index contributed by atoms with van der Waals surface area (Å²) in [5, 5.41) is 1.15. The molecule has 2 heterocycles. The van der Waals surface area contributed by atoms with Gasteiger partial charge in [0.05, 0.1) is 11.4 Å². The lowest BCUT2D eigenvalue weighted by atomic mass is 10.2. The van der Waals surface area contributed by atoms with Gasteiger partial charge in [-0.3, -0.25) is 0 Å². The van der Waals surface area contributed by atoms with Crippen molar-refractivity contribution in [2.24, 2.45) is 0 Å². The summed E-state index contributed by atoms with van der Waals surface area (Å²) in [6, 6.07) is 22.5. The van der Waals surface area contributed by atoms with Gasteiger partial charge >= 0.3 is 0 Å². The van der Waals surface area contributed by atoms with Crippen molar-refractivity contribution in [1.82, 2.24) is 9.97 Å². The Balaban J connectivity index is 1.58. The Morgan fingerprint density at radius 1 is 0.818 bits per heavy atom. The highest BCUT2D eigenvalue weighted by molar-refractivity contribution is 5.86. The van der Waals surface area contributed by atoms with Gasteiger partial charge in [0.2, 0.25) is 0 Å². The Bertz CT molecular complexity index is 876. The van der Waals surface area contributed by atoms with E-state index in [4.69, 9.17) is 4.74 Å². The van der Waals surface area contributed by atoms with E-state index in [1.807, 2.05) is 36.5 Å². The van der Waals surface area contributed by atoms with Gasteiger partial charge in [-0.15, -0.1) is 0 Å². The van der Waals surface area contributed by atoms with Crippen LogP contribution in [0.2, 0.25) is 0 Å². The summed E-state index contributed by atoms with van der Waals surface area (Å²) < 4.78 is 5.88. The number of H-pyrrole nitrogens is 2. The molecular weight excluding hydrogens is 272 g/mol. The van der Waals surface area contributed by atoms with Crippen LogP contribution >= 0.6 is 0 Å². The van der Waals surface area contributed by atoms with Crippen LogP contribution in [0.4, 0.5) is 0 Å². The van der Waals surface area contributed by atoms with Crippen LogP contribution in [0, 0.1) is 0 Å². The summed E-state index contributed by atoms with van der Waals surface area (Å²) >= 11 is 0.